The summed E-state index contributed by atoms with van der Waals surface area (Å²) < 4.78 is 7.59. The van der Waals surface area contributed by atoms with Crippen LogP contribution in [0.1, 0.15) is 12.7 Å². The highest BCUT2D eigenvalue weighted by Crippen LogP contribution is 2.07. The topological polar surface area (TPSA) is 99.1 Å². The highest BCUT2D eigenvalue weighted by molar-refractivity contribution is 5.79. The van der Waals surface area contributed by atoms with Crippen molar-refractivity contribution in [3.8, 4) is 0 Å². The Morgan fingerprint density at radius 3 is 2.80 bits per heavy atom. The van der Waals surface area contributed by atoms with Gasteiger partial charge in [-0.3, -0.25) is 23.5 Å². The summed E-state index contributed by atoms with van der Waals surface area (Å²) in [7, 11) is 1.48. The number of carbonyl (C=O) groups excluding carboxylic acids is 1. The van der Waals surface area contributed by atoms with Crippen LogP contribution < -0.4 is 16.4 Å². The van der Waals surface area contributed by atoms with Gasteiger partial charge in [0.25, 0.3) is 0 Å². The van der Waals surface area contributed by atoms with Gasteiger partial charge in [0.1, 0.15) is 12.3 Å². The lowest BCUT2D eigenvalue weighted by Crippen LogP contribution is -2.44. The van der Waals surface area contributed by atoms with Crippen molar-refractivity contribution < 1.29 is 9.21 Å². The quantitative estimate of drug-likeness (QED) is 0.678. The van der Waals surface area contributed by atoms with E-state index in [4.69, 9.17) is 4.42 Å². The Morgan fingerprint density at radius 1 is 1.28 bits per heavy atom. The molecule has 3 rings (SSSR count). The number of rotatable bonds is 5. The van der Waals surface area contributed by atoms with Crippen LogP contribution >= 0.6 is 0 Å². The predicted octanol–water partition coefficient (Wildman–Crippen LogP) is 0.436. The van der Waals surface area contributed by atoms with Crippen LogP contribution in [0, 0.1) is 0 Å². The minimum Gasteiger partial charge on any atom is -0.469 e. The van der Waals surface area contributed by atoms with E-state index in [1.165, 1.54) is 17.8 Å². The molecule has 3 aromatic rings. The molecule has 1 atom stereocenters. The fourth-order valence-electron chi connectivity index (χ4n) is 2.72. The zero-order valence-corrected chi connectivity index (χ0v) is 13.9. The summed E-state index contributed by atoms with van der Waals surface area (Å²) in [5.74, 6) is 0.396. The number of nitrogens with one attached hydrogen (secondary N) is 1. The van der Waals surface area contributed by atoms with E-state index in [2.05, 4.69) is 10.3 Å². The summed E-state index contributed by atoms with van der Waals surface area (Å²) in [6.07, 6.45) is 3.64. The average Bonchev–Trinajstić information content (AvgIpc) is 3.09. The molecule has 0 bridgehead atoms. The normalized spacial score (nSPS) is 12.2. The van der Waals surface area contributed by atoms with E-state index in [0.29, 0.717) is 17.6 Å². The number of aryl methyl sites for hydroxylation is 1. The molecule has 8 heteroatoms. The maximum atomic E-state index is 12.3. The van der Waals surface area contributed by atoms with Crippen molar-refractivity contribution in [2.45, 2.75) is 25.9 Å². The lowest BCUT2D eigenvalue weighted by atomic mass is 10.2. The Balaban J connectivity index is 1.84. The minimum atomic E-state index is -0.753. The van der Waals surface area contributed by atoms with Gasteiger partial charge in [0.15, 0.2) is 5.65 Å². The van der Waals surface area contributed by atoms with Crippen molar-refractivity contribution in [1.82, 2.24) is 19.4 Å². The van der Waals surface area contributed by atoms with Crippen LogP contribution in [-0.4, -0.2) is 26.1 Å². The van der Waals surface area contributed by atoms with Gasteiger partial charge in [0.05, 0.1) is 11.8 Å². The number of hydrogen-bond acceptors (Lipinski definition) is 5. The minimum absolute atomic E-state index is 0.176. The molecule has 0 saturated carbocycles. The molecule has 0 fully saturated rings. The zero-order valence-electron chi connectivity index (χ0n) is 13.9. The highest BCUT2D eigenvalue weighted by Gasteiger charge is 2.16. The molecule has 0 spiro atoms. The lowest BCUT2D eigenvalue weighted by molar-refractivity contribution is -0.122. The monoisotopic (exact) mass is 342 g/mol. The largest absolute Gasteiger partial charge is 0.469 e. The second kappa shape index (κ2) is 6.76. The number of furan rings is 1. The third kappa shape index (κ3) is 3.37. The number of aromatic nitrogens is 3. The Kier molecular flexibility index (Phi) is 4.51. The number of amides is 1. The molecule has 130 valence electrons. The summed E-state index contributed by atoms with van der Waals surface area (Å²) in [5.41, 5.74) is -0.688. The molecule has 3 aromatic heterocycles. The van der Waals surface area contributed by atoms with Crippen LogP contribution in [-0.2, 0) is 24.8 Å². The first-order valence-electron chi connectivity index (χ1n) is 7.83. The lowest BCUT2D eigenvalue weighted by Gasteiger charge is -2.15. The Labute approximate surface area is 142 Å². The zero-order chi connectivity index (χ0) is 18.0. The van der Waals surface area contributed by atoms with Crippen LogP contribution in [0.3, 0.4) is 0 Å². The van der Waals surface area contributed by atoms with Gasteiger partial charge < -0.3 is 9.73 Å². The molecule has 25 heavy (non-hydrogen) atoms. The molecule has 3 heterocycles. The molecule has 0 aromatic carbocycles. The number of hydrogen-bond donors (Lipinski definition) is 1. The Morgan fingerprint density at radius 2 is 2.08 bits per heavy atom. The van der Waals surface area contributed by atoms with Crippen LogP contribution in [0.5, 0.6) is 0 Å². The van der Waals surface area contributed by atoms with Crippen molar-refractivity contribution in [2.24, 2.45) is 7.05 Å². The number of fused-ring (bicyclic) bond motifs is 1. The van der Waals surface area contributed by atoms with Crippen molar-refractivity contribution in [3.63, 3.8) is 0 Å². The van der Waals surface area contributed by atoms with E-state index in [9.17, 15) is 14.4 Å². The van der Waals surface area contributed by atoms with Gasteiger partial charge in [0.2, 0.25) is 5.91 Å². The highest BCUT2D eigenvalue weighted by atomic mass is 16.3. The maximum Gasteiger partial charge on any atom is 0.317 e. The SMILES string of the molecule is C[C@H](Cc1ccco1)NC(=O)Cn1c(=O)c(=O)n(C)c2ncccc21. The van der Waals surface area contributed by atoms with Crippen LogP contribution in [0.15, 0.2) is 50.7 Å². The van der Waals surface area contributed by atoms with Crippen LogP contribution in [0.2, 0.25) is 0 Å². The summed E-state index contributed by atoms with van der Waals surface area (Å²) >= 11 is 0. The van der Waals surface area contributed by atoms with E-state index in [1.807, 2.05) is 13.0 Å². The molecule has 0 unspecified atom stereocenters. The fourth-order valence-corrected chi connectivity index (χ4v) is 2.72. The van der Waals surface area contributed by atoms with E-state index < -0.39 is 11.1 Å². The summed E-state index contributed by atoms with van der Waals surface area (Å²) in [6, 6.07) is 6.74. The van der Waals surface area contributed by atoms with Crippen molar-refractivity contribution >= 4 is 17.1 Å². The van der Waals surface area contributed by atoms with Gasteiger partial charge in [0, 0.05) is 25.7 Å². The third-order valence-electron chi connectivity index (χ3n) is 3.90. The van der Waals surface area contributed by atoms with Gasteiger partial charge in [-0.1, -0.05) is 0 Å². The van der Waals surface area contributed by atoms with Crippen molar-refractivity contribution in [3.05, 3.63) is 63.2 Å². The molecule has 1 amide bonds. The molecule has 0 aliphatic heterocycles. The van der Waals surface area contributed by atoms with E-state index in [1.54, 1.807) is 24.5 Å². The molecule has 0 radical (unpaired) electrons. The second-order valence-corrected chi connectivity index (χ2v) is 5.85. The van der Waals surface area contributed by atoms with Gasteiger partial charge >= 0.3 is 11.1 Å². The van der Waals surface area contributed by atoms with E-state index >= 15 is 0 Å². The van der Waals surface area contributed by atoms with E-state index in [-0.39, 0.29) is 18.5 Å². The first kappa shape index (κ1) is 16.7. The standard InChI is InChI=1S/C17H18N4O4/c1-11(9-12-5-4-8-25-12)19-14(22)10-21-13-6-3-7-18-15(13)20(2)16(23)17(21)24/h3-8,11H,9-10H2,1-2H3,(H,19,22)/t11-/m1/s1. The van der Waals surface area contributed by atoms with Gasteiger partial charge in [-0.2, -0.15) is 0 Å². The second-order valence-electron chi connectivity index (χ2n) is 5.85. The van der Waals surface area contributed by atoms with Gasteiger partial charge in [-0.25, -0.2) is 4.98 Å². The van der Waals surface area contributed by atoms with Crippen LogP contribution in [0.25, 0.3) is 11.2 Å². The molecule has 1 N–H and O–H groups in total. The molecule has 0 aliphatic rings. The van der Waals surface area contributed by atoms with E-state index in [0.717, 1.165) is 10.3 Å². The molecule has 0 aliphatic carbocycles. The third-order valence-corrected chi connectivity index (χ3v) is 3.90. The number of pyridine rings is 1. The Bertz CT molecular complexity index is 1020. The molecule has 0 saturated heterocycles. The molecular formula is C17H18N4O4. The first-order chi connectivity index (χ1) is 12.0. The van der Waals surface area contributed by atoms with Gasteiger partial charge in [-0.05, 0) is 31.2 Å². The smallest absolute Gasteiger partial charge is 0.317 e. The number of carbonyl (C=O) groups is 1. The first-order valence-corrected chi connectivity index (χ1v) is 7.83. The summed E-state index contributed by atoms with van der Waals surface area (Å²) in [5, 5.41) is 2.80. The number of nitrogens with zero attached hydrogens (tertiary/aromatic N) is 3. The van der Waals surface area contributed by atoms with Gasteiger partial charge in [-0.15, -0.1) is 0 Å². The van der Waals surface area contributed by atoms with Crippen molar-refractivity contribution in [1.29, 1.82) is 0 Å². The maximum absolute atomic E-state index is 12.3. The predicted molar refractivity (Wildman–Crippen MR) is 91.3 cm³/mol. The van der Waals surface area contributed by atoms with Crippen LogP contribution in [0.4, 0.5) is 0 Å². The van der Waals surface area contributed by atoms with Crippen molar-refractivity contribution in [2.75, 3.05) is 0 Å². The Hall–Kier alpha value is -3.16. The average molecular weight is 342 g/mol. The molecular weight excluding hydrogens is 324 g/mol. The summed E-state index contributed by atoms with van der Waals surface area (Å²) in [6.45, 7) is 1.59. The fraction of sp³-hybridized carbons (Fsp3) is 0.294. The molecule has 8 nitrogen and oxygen atoms in total. The summed E-state index contributed by atoms with van der Waals surface area (Å²) in [4.78, 5) is 40.8.